The Kier molecular flexibility index (Phi) is 6.31. The van der Waals surface area contributed by atoms with Gasteiger partial charge in [0.15, 0.2) is 0 Å². The number of nitrogens with one attached hydrogen (secondary N) is 1. The van der Waals surface area contributed by atoms with Crippen molar-refractivity contribution in [1.29, 1.82) is 0 Å². The molecule has 6 nitrogen and oxygen atoms in total. The van der Waals surface area contributed by atoms with Crippen LogP contribution in [0, 0.1) is 18.8 Å². The number of piperidine rings is 1. The maximum atomic E-state index is 12.5. The van der Waals surface area contributed by atoms with Gasteiger partial charge >= 0.3 is 0 Å². The van der Waals surface area contributed by atoms with Crippen LogP contribution in [0.5, 0.6) is 0 Å². The van der Waals surface area contributed by atoms with Gasteiger partial charge in [0.1, 0.15) is 0 Å². The fourth-order valence-corrected chi connectivity index (χ4v) is 3.22. The van der Waals surface area contributed by atoms with Crippen LogP contribution in [0.1, 0.15) is 44.0 Å². The average Bonchev–Trinajstić information content (AvgIpc) is 2.56. The molecule has 1 aromatic heterocycles. The Morgan fingerprint density at radius 1 is 1.46 bits per heavy atom. The summed E-state index contributed by atoms with van der Waals surface area (Å²) in [6.45, 7) is 7.62. The Balaban J connectivity index is 1.98. The van der Waals surface area contributed by atoms with Crippen molar-refractivity contribution in [3.05, 3.63) is 29.6 Å². The maximum Gasteiger partial charge on any atom is 0.236 e. The van der Waals surface area contributed by atoms with Gasteiger partial charge in [-0.1, -0.05) is 19.9 Å². The lowest BCUT2D eigenvalue weighted by Gasteiger charge is -2.32. The summed E-state index contributed by atoms with van der Waals surface area (Å²) in [5, 5.41) is 3.35. The lowest BCUT2D eigenvalue weighted by atomic mass is 9.96. The van der Waals surface area contributed by atoms with E-state index in [0.717, 1.165) is 24.1 Å². The zero-order valence-electron chi connectivity index (χ0n) is 14.8. The second kappa shape index (κ2) is 8.24. The first-order valence-electron chi connectivity index (χ1n) is 8.62. The Bertz CT molecular complexity index is 588. The number of primary amides is 1. The van der Waals surface area contributed by atoms with E-state index >= 15 is 0 Å². The summed E-state index contributed by atoms with van der Waals surface area (Å²) in [7, 11) is 0. The van der Waals surface area contributed by atoms with Gasteiger partial charge in [0, 0.05) is 19.3 Å². The molecule has 1 aliphatic heterocycles. The van der Waals surface area contributed by atoms with Gasteiger partial charge < -0.3 is 10.6 Å². The zero-order chi connectivity index (χ0) is 17.7. The number of nitrogens with two attached hydrogens (primary N) is 1. The quantitative estimate of drug-likeness (QED) is 0.824. The van der Waals surface area contributed by atoms with Crippen molar-refractivity contribution in [2.75, 3.05) is 19.6 Å². The van der Waals surface area contributed by atoms with Crippen LogP contribution >= 0.6 is 0 Å². The molecule has 0 aliphatic carbocycles. The van der Waals surface area contributed by atoms with Crippen molar-refractivity contribution in [3.63, 3.8) is 0 Å². The van der Waals surface area contributed by atoms with Gasteiger partial charge in [0.2, 0.25) is 11.8 Å². The molecule has 0 bridgehead atoms. The van der Waals surface area contributed by atoms with E-state index in [1.165, 1.54) is 0 Å². The van der Waals surface area contributed by atoms with Crippen LogP contribution in [0.4, 0.5) is 0 Å². The summed E-state index contributed by atoms with van der Waals surface area (Å²) in [5.74, 6) is -0.211. The number of carbonyl (C=O) groups is 2. The number of rotatable bonds is 6. The number of hydrogen-bond acceptors (Lipinski definition) is 4. The van der Waals surface area contributed by atoms with Crippen LogP contribution in [0.2, 0.25) is 0 Å². The molecule has 6 heteroatoms. The molecular formula is C18H28N4O2. The normalized spacial score (nSPS) is 19.3. The summed E-state index contributed by atoms with van der Waals surface area (Å²) in [6, 6.07) is 3.97. The average molecular weight is 332 g/mol. The minimum atomic E-state index is -0.315. The van der Waals surface area contributed by atoms with Gasteiger partial charge in [0.25, 0.3) is 0 Å². The van der Waals surface area contributed by atoms with Gasteiger partial charge in [-0.2, -0.15) is 0 Å². The van der Waals surface area contributed by atoms with Crippen molar-refractivity contribution >= 4 is 11.8 Å². The van der Waals surface area contributed by atoms with E-state index in [1.807, 2.05) is 19.1 Å². The number of aryl methyl sites for hydroxylation is 1. The number of nitrogens with zero attached hydrogens (tertiary/aromatic N) is 2. The lowest BCUT2D eigenvalue weighted by Crippen LogP contribution is -2.47. The highest BCUT2D eigenvalue weighted by Gasteiger charge is 2.27. The topological polar surface area (TPSA) is 88.3 Å². The van der Waals surface area contributed by atoms with E-state index in [-0.39, 0.29) is 30.3 Å². The summed E-state index contributed by atoms with van der Waals surface area (Å²) in [6.07, 6.45) is 3.38. The Hall–Kier alpha value is -1.95. The van der Waals surface area contributed by atoms with E-state index in [0.29, 0.717) is 19.0 Å². The number of likely N-dealkylation sites (tertiary alicyclic amines) is 1. The molecule has 0 spiro atoms. The van der Waals surface area contributed by atoms with E-state index in [2.05, 4.69) is 24.1 Å². The van der Waals surface area contributed by atoms with Crippen LogP contribution in [0.15, 0.2) is 18.3 Å². The van der Waals surface area contributed by atoms with Crippen molar-refractivity contribution < 1.29 is 9.59 Å². The minimum Gasteiger partial charge on any atom is -0.369 e. The molecule has 3 N–H and O–H groups in total. The maximum absolute atomic E-state index is 12.5. The number of aromatic nitrogens is 1. The van der Waals surface area contributed by atoms with Gasteiger partial charge in [0.05, 0.1) is 24.2 Å². The van der Waals surface area contributed by atoms with Crippen LogP contribution < -0.4 is 11.1 Å². The third-order valence-electron chi connectivity index (χ3n) is 4.66. The predicted octanol–water partition coefficient (Wildman–Crippen LogP) is 1.40. The molecule has 0 saturated carbocycles. The summed E-state index contributed by atoms with van der Waals surface area (Å²) in [4.78, 5) is 30.1. The molecule has 132 valence electrons. The molecule has 1 fully saturated rings. The Morgan fingerprint density at radius 3 is 2.83 bits per heavy atom. The molecule has 0 unspecified atom stereocenters. The summed E-state index contributed by atoms with van der Waals surface area (Å²) in [5.41, 5.74) is 7.48. The summed E-state index contributed by atoms with van der Waals surface area (Å²) < 4.78 is 0. The van der Waals surface area contributed by atoms with Crippen LogP contribution in [0.25, 0.3) is 0 Å². The first-order valence-corrected chi connectivity index (χ1v) is 8.62. The number of amides is 2. The molecule has 1 saturated heterocycles. The number of carbonyl (C=O) groups excluding carboxylic acids is 2. The molecule has 2 rings (SSSR count). The molecular weight excluding hydrogens is 304 g/mol. The molecule has 1 aliphatic rings. The molecule has 0 radical (unpaired) electrons. The molecule has 1 aromatic rings. The molecule has 2 atom stereocenters. The first-order chi connectivity index (χ1) is 11.4. The van der Waals surface area contributed by atoms with Crippen LogP contribution in [-0.2, 0) is 9.59 Å². The van der Waals surface area contributed by atoms with E-state index in [4.69, 9.17) is 5.73 Å². The second-order valence-electron chi connectivity index (χ2n) is 6.89. The third-order valence-corrected chi connectivity index (χ3v) is 4.66. The predicted molar refractivity (Wildman–Crippen MR) is 93.1 cm³/mol. The number of hydrogen-bond donors (Lipinski definition) is 2. The van der Waals surface area contributed by atoms with Gasteiger partial charge in [-0.3, -0.25) is 19.9 Å². The van der Waals surface area contributed by atoms with Gasteiger partial charge in [-0.15, -0.1) is 0 Å². The van der Waals surface area contributed by atoms with Gasteiger partial charge in [-0.05, 0) is 37.3 Å². The van der Waals surface area contributed by atoms with Crippen molar-refractivity contribution in [1.82, 2.24) is 15.2 Å². The highest BCUT2D eigenvalue weighted by molar-refractivity contribution is 5.81. The van der Waals surface area contributed by atoms with E-state index in [9.17, 15) is 9.59 Å². The molecule has 2 heterocycles. The fraction of sp³-hybridized carbons (Fsp3) is 0.611. The highest BCUT2D eigenvalue weighted by Crippen LogP contribution is 2.22. The van der Waals surface area contributed by atoms with E-state index in [1.54, 1.807) is 11.1 Å². The van der Waals surface area contributed by atoms with Crippen molar-refractivity contribution in [2.24, 2.45) is 17.6 Å². The largest absolute Gasteiger partial charge is 0.369 e. The van der Waals surface area contributed by atoms with Crippen LogP contribution in [-0.4, -0.2) is 41.3 Å². The summed E-state index contributed by atoms with van der Waals surface area (Å²) >= 11 is 0. The molecule has 24 heavy (non-hydrogen) atoms. The Morgan fingerprint density at radius 2 is 2.21 bits per heavy atom. The highest BCUT2D eigenvalue weighted by atomic mass is 16.2. The standard InChI is InChI=1S/C18H28N4O2/c1-12(2)16(17-13(3)6-4-8-20-17)21-10-15(23)22-9-5-7-14(11-22)18(19)24/h4,6,8,12,14,16,21H,5,7,9-11H2,1-3H3,(H2,19,24)/t14-,16-/m1/s1. The zero-order valence-corrected chi connectivity index (χ0v) is 14.8. The smallest absolute Gasteiger partial charge is 0.236 e. The fourth-order valence-electron chi connectivity index (χ4n) is 3.22. The minimum absolute atomic E-state index is 0.0141. The van der Waals surface area contributed by atoms with Crippen molar-refractivity contribution in [2.45, 2.75) is 39.7 Å². The first kappa shape index (κ1) is 18.4. The Labute approximate surface area is 143 Å². The van der Waals surface area contributed by atoms with Crippen molar-refractivity contribution in [3.8, 4) is 0 Å². The number of pyridine rings is 1. The molecule has 0 aromatic carbocycles. The second-order valence-corrected chi connectivity index (χ2v) is 6.89. The third kappa shape index (κ3) is 4.54. The lowest BCUT2D eigenvalue weighted by molar-refractivity contribution is -0.134. The van der Waals surface area contributed by atoms with E-state index < -0.39 is 0 Å². The van der Waals surface area contributed by atoms with Crippen LogP contribution in [0.3, 0.4) is 0 Å². The molecule has 2 amide bonds. The SMILES string of the molecule is Cc1cccnc1[C@H](NCC(=O)N1CCC[C@@H](C(N)=O)C1)C(C)C. The van der Waals surface area contributed by atoms with Gasteiger partial charge in [-0.25, -0.2) is 0 Å². The monoisotopic (exact) mass is 332 g/mol.